The van der Waals surface area contributed by atoms with E-state index in [0.717, 1.165) is 13.0 Å². The Bertz CT molecular complexity index is 182. The molecule has 0 heterocycles. The Labute approximate surface area is 142 Å². The van der Waals surface area contributed by atoms with Gasteiger partial charge in [0, 0.05) is 6.61 Å². The second kappa shape index (κ2) is 21.8. The molecule has 0 aliphatic carbocycles. The van der Waals surface area contributed by atoms with Crippen LogP contribution in [0.5, 0.6) is 0 Å². The Morgan fingerprint density at radius 2 is 0.913 bits per heavy atom. The number of unbranched alkanes of at least 4 members (excludes halogenated alkanes) is 7. The summed E-state index contributed by atoms with van der Waals surface area (Å²) in [7, 11) is 0. The smallest absolute Gasteiger partial charge is 0.106 e. The van der Waals surface area contributed by atoms with Gasteiger partial charge in [-0.2, -0.15) is 0 Å². The van der Waals surface area contributed by atoms with Crippen LogP contribution in [0, 0.1) is 0 Å². The van der Waals surface area contributed by atoms with Gasteiger partial charge in [0.2, 0.25) is 0 Å². The zero-order chi connectivity index (χ0) is 16.8. The van der Waals surface area contributed by atoms with Crippen molar-refractivity contribution in [3.05, 3.63) is 0 Å². The van der Waals surface area contributed by atoms with Gasteiger partial charge < -0.3 is 14.2 Å². The van der Waals surface area contributed by atoms with Crippen LogP contribution in [0.4, 0.5) is 0 Å². The summed E-state index contributed by atoms with van der Waals surface area (Å²) in [4.78, 5) is 10.2. The predicted molar refractivity (Wildman–Crippen MR) is 92.6 cm³/mol. The molecule has 0 aliphatic rings. The largest absolute Gasteiger partial charge is 0.379 e. The zero-order valence-electron chi connectivity index (χ0n) is 15.4. The molecule has 0 saturated heterocycles. The molecule has 0 rings (SSSR count). The third-order valence-electron chi connectivity index (χ3n) is 3.42. The number of hydrogen-bond acceptors (Lipinski definition) is 5. The zero-order valence-corrected chi connectivity index (χ0v) is 15.4. The molecule has 0 saturated carbocycles. The van der Waals surface area contributed by atoms with Crippen LogP contribution in [0.3, 0.4) is 0 Å². The van der Waals surface area contributed by atoms with E-state index in [4.69, 9.17) is 24.0 Å². The van der Waals surface area contributed by atoms with E-state index in [2.05, 4.69) is 6.92 Å². The van der Waals surface area contributed by atoms with Gasteiger partial charge in [0.05, 0.1) is 39.6 Å². The first-order chi connectivity index (χ1) is 11.4. The SMILES string of the molecule is CCCCCCCCCCOOCCOCCOCCOCC. The van der Waals surface area contributed by atoms with Crippen LogP contribution in [-0.4, -0.2) is 52.9 Å². The monoisotopic (exact) mass is 334 g/mol. The third-order valence-corrected chi connectivity index (χ3v) is 3.42. The summed E-state index contributed by atoms with van der Waals surface area (Å²) in [5.74, 6) is 0. The van der Waals surface area contributed by atoms with Crippen molar-refractivity contribution in [3.63, 3.8) is 0 Å². The molecule has 0 aromatic carbocycles. The van der Waals surface area contributed by atoms with E-state index in [0.29, 0.717) is 46.2 Å². The summed E-state index contributed by atoms with van der Waals surface area (Å²) in [6, 6.07) is 0. The Morgan fingerprint density at radius 1 is 0.435 bits per heavy atom. The standard InChI is InChI=1S/C18H38O5/c1-3-5-6-7-8-9-10-11-12-22-23-18-17-21-16-15-20-14-13-19-4-2/h3-18H2,1-2H3. The van der Waals surface area contributed by atoms with Crippen LogP contribution in [0.1, 0.15) is 65.2 Å². The average Bonchev–Trinajstić information content (AvgIpc) is 2.57. The Hall–Kier alpha value is -0.200. The van der Waals surface area contributed by atoms with E-state index >= 15 is 0 Å². The molecule has 0 bridgehead atoms. The van der Waals surface area contributed by atoms with Gasteiger partial charge in [-0.15, -0.1) is 0 Å². The van der Waals surface area contributed by atoms with Crippen LogP contribution in [-0.2, 0) is 24.0 Å². The second-order valence-corrected chi connectivity index (χ2v) is 5.54. The first-order valence-corrected chi connectivity index (χ1v) is 9.39. The molecule has 0 amide bonds. The van der Waals surface area contributed by atoms with Gasteiger partial charge in [0.25, 0.3) is 0 Å². The molecule has 0 unspecified atom stereocenters. The molecular formula is C18H38O5. The van der Waals surface area contributed by atoms with Crippen molar-refractivity contribution in [3.8, 4) is 0 Å². The number of rotatable bonds is 20. The summed E-state index contributed by atoms with van der Waals surface area (Å²) >= 11 is 0. The van der Waals surface area contributed by atoms with E-state index in [1.54, 1.807) is 0 Å². The highest BCUT2D eigenvalue weighted by molar-refractivity contribution is 4.45. The fourth-order valence-corrected chi connectivity index (χ4v) is 2.09. The first kappa shape index (κ1) is 22.8. The van der Waals surface area contributed by atoms with Gasteiger partial charge in [-0.25, -0.2) is 9.78 Å². The molecule has 140 valence electrons. The lowest BCUT2D eigenvalue weighted by Gasteiger charge is -2.06. The summed E-state index contributed by atoms with van der Waals surface area (Å²) in [5.41, 5.74) is 0. The molecule has 5 nitrogen and oxygen atoms in total. The summed E-state index contributed by atoms with van der Waals surface area (Å²) in [6.45, 7) is 9.06. The Kier molecular flexibility index (Phi) is 21.6. The van der Waals surface area contributed by atoms with Gasteiger partial charge in [-0.3, -0.25) is 0 Å². The normalized spacial score (nSPS) is 11.2. The molecule has 0 N–H and O–H groups in total. The fraction of sp³-hybridized carbons (Fsp3) is 1.00. The van der Waals surface area contributed by atoms with Crippen LogP contribution < -0.4 is 0 Å². The fourth-order valence-electron chi connectivity index (χ4n) is 2.09. The maximum absolute atomic E-state index is 5.36. The molecule has 5 heteroatoms. The summed E-state index contributed by atoms with van der Waals surface area (Å²) in [6.07, 6.45) is 10.4. The van der Waals surface area contributed by atoms with Gasteiger partial charge >= 0.3 is 0 Å². The third kappa shape index (κ3) is 21.8. The van der Waals surface area contributed by atoms with Gasteiger partial charge in [-0.05, 0) is 13.3 Å². The van der Waals surface area contributed by atoms with Gasteiger partial charge in [0.1, 0.15) is 6.61 Å². The highest BCUT2D eigenvalue weighted by atomic mass is 17.2. The molecule has 0 aromatic heterocycles. The molecule has 0 spiro atoms. The van der Waals surface area contributed by atoms with Crippen molar-refractivity contribution in [1.29, 1.82) is 0 Å². The molecule has 23 heavy (non-hydrogen) atoms. The van der Waals surface area contributed by atoms with E-state index in [-0.39, 0.29) is 0 Å². The lowest BCUT2D eigenvalue weighted by Crippen LogP contribution is -2.12. The van der Waals surface area contributed by atoms with Crippen molar-refractivity contribution in [1.82, 2.24) is 0 Å². The Morgan fingerprint density at radius 3 is 1.52 bits per heavy atom. The van der Waals surface area contributed by atoms with Crippen molar-refractivity contribution in [2.24, 2.45) is 0 Å². The molecule has 0 fully saturated rings. The highest BCUT2D eigenvalue weighted by Gasteiger charge is 1.94. The van der Waals surface area contributed by atoms with Gasteiger partial charge in [0.15, 0.2) is 0 Å². The second-order valence-electron chi connectivity index (χ2n) is 5.54. The van der Waals surface area contributed by atoms with Crippen LogP contribution in [0.25, 0.3) is 0 Å². The maximum Gasteiger partial charge on any atom is 0.106 e. The van der Waals surface area contributed by atoms with Crippen LogP contribution in [0.2, 0.25) is 0 Å². The summed E-state index contributed by atoms with van der Waals surface area (Å²) < 4.78 is 15.8. The Balaban J connectivity index is 2.92. The van der Waals surface area contributed by atoms with E-state index in [1.165, 1.54) is 44.9 Å². The molecule has 0 atom stereocenters. The van der Waals surface area contributed by atoms with Crippen molar-refractivity contribution in [2.75, 3.05) is 52.9 Å². The quantitative estimate of drug-likeness (QED) is 0.190. The molecule has 0 radical (unpaired) electrons. The maximum atomic E-state index is 5.36. The minimum atomic E-state index is 0.468. The first-order valence-electron chi connectivity index (χ1n) is 9.39. The predicted octanol–water partition coefficient (Wildman–Crippen LogP) is 4.15. The van der Waals surface area contributed by atoms with E-state index in [9.17, 15) is 0 Å². The van der Waals surface area contributed by atoms with Crippen molar-refractivity contribution >= 4 is 0 Å². The minimum absolute atomic E-state index is 0.468. The molecule has 0 aromatic rings. The molecular weight excluding hydrogens is 296 g/mol. The highest BCUT2D eigenvalue weighted by Crippen LogP contribution is 2.08. The van der Waals surface area contributed by atoms with E-state index in [1.807, 2.05) is 6.92 Å². The van der Waals surface area contributed by atoms with Gasteiger partial charge in [-0.1, -0.05) is 51.9 Å². The van der Waals surface area contributed by atoms with Crippen molar-refractivity contribution in [2.45, 2.75) is 65.2 Å². The molecule has 0 aliphatic heterocycles. The van der Waals surface area contributed by atoms with Crippen LogP contribution in [0.15, 0.2) is 0 Å². The van der Waals surface area contributed by atoms with E-state index < -0.39 is 0 Å². The summed E-state index contributed by atoms with van der Waals surface area (Å²) in [5, 5.41) is 0. The minimum Gasteiger partial charge on any atom is -0.379 e. The lowest BCUT2D eigenvalue weighted by atomic mass is 10.1. The topological polar surface area (TPSA) is 46.2 Å². The lowest BCUT2D eigenvalue weighted by molar-refractivity contribution is -0.299. The number of ether oxygens (including phenoxy) is 3. The number of hydrogen-bond donors (Lipinski definition) is 0. The van der Waals surface area contributed by atoms with Crippen molar-refractivity contribution < 1.29 is 24.0 Å². The average molecular weight is 334 g/mol. The van der Waals surface area contributed by atoms with Crippen LogP contribution >= 0.6 is 0 Å².